The molecule has 1 rings (SSSR count). The molecule has 0 aromatic rings. The van der Waals surface area contributed by atoms with Gasteiger partial charge in [-0.15, -0.1) is 0 Å². The second-order valence-corrected chi connectivity index (χ2v) is 2.25. The smallest absolute Gasteiger partial charge is 0.103 e. The van der Waals surface area contributed by atoms with Gasteiger partial charge in [0.25, 0.3) is 0 Å². The van der Waals surface area contributed by atoms with Gasteiger partial charge < -0.3 is 20.7 Å². The van der Waals surface area contributed by atoms with E-state index in [1.54, 1.807) is 0 Å². The molecule has 1 aliphatic rings. The van der Waals surface area contributed by atoms with Crippen molar-refractivity contribution >= 4 is 0 Å². The fourth-order valence-corrected chi connectivity index (χ4v) is 0.770. The fourth-order valence-electron chi connectivity index (χ4n) is 0.770. The lowest BCUT2D eigenvalue weighted by atomic mass is 10.0. The van der Waals surface area contributed by atoms with Gasteiger partial charge >= 0.3 is 0 Å². The molecule has 3 unspecified atom stereocenters. The summed E-state index contributed by atoms with van der Waals surface area (Å²) in [7, 11) is 0. The van der Waals surface area contributed by atoms with E-state index in [-0.39, 0.29) is 6.61 Å². The number of aliphatic hydroxyl groups is 2. The molecule has 0 aromatic carbocycles. The van der Waals surface area contributed by atoms with Gasteiger partial charge in [0.15, 0.2) is 0 Å². The Bertz CT molecular complexity index is 109. The summed E-state index contributed by atoms with van der Waals surface area (Å²) in [6, 6.07) is -0.470. The van der Waals surface area contributed by atoms with Crippen LogP contribution in [0.4, 0.5) is 0 Å². The molecular weight excluding hydrogens is 134 g/mol. The SMILES string of the molecule is NC1[CH]OC(CO)[CH]C1O. The van der Waals surface area contributed by atoms with Crippen molar-refractivity contribution in [1.29, 1.82) is 0 Å². The molecule has 3 atom stereocenters. The van der Waals surface area contributed by atoms with Crippen molar-refractivity contribution in [3.05, 3.63) is 13.0 Å². The third-order valence-electron chi connectivity index (χ3n) is 1.40. The molecule has 0 aromatic heterocycles. The molecule has 1 heterocycles. The molecular formula is C6H11NO3. The Kier molecular flexibility index (Phi) is 2.62. The first-order valence-electron chi connectivity index (χ1n) is 3.12. The molecule has 0 spiro atoms. The van der Waals surface area contributed by atoms with Crippen LogP contribution in [0.3, 0.4) is 0 Å². The number of ether oxygens (including phenoxy) is 1. The highest BCUT2D eigenvalue weighted by atomic mass is 16.5. The zero-order chi connectivity index (χ0) is 7.56. The molecule has 1 aliphatic heterocycles. The molecule has 1 fully saturated rings. The van der Waals surface area contributed by atoms with Gasteiger partial charge in [0.2, 0.25) is 0 Å². The number of hydrogen-bond donors (Lipinski definition) is 3. The Hall–Kier alpha value is -0.160. The first kappa shape index (κ1) is 7.94. The summed E-state index contributed by atoms with van der Waals surface area (Å²) < 4.78 is 4.89. The molecule has 0 bridgehead atoms. The lowest BCUT2D eigenvalue weighted by Crippen LogP contribution is -2.45. The van der Waals surface area contributed by atoms with Gasteiger partial charge in [-0.25, -0.2) is 0 Å². The van der Waals surface area contributed by atoms with E-state index < -0.39 is 18.2 Å². The highest BCUT2D eigenvalue weighted by molar-refractivity contribution is 4.99. The number of hydrogen-bond acceptors (Lipinski definition) is 4. The maximum atomic E-state index is 9.08. The van der Waals surface area contributed by atoms with Gasteiger partial charge in [-0.05, 0) is 0 Å². The minimum atomic E-state index is -0.703. The Morgan fingerprint density at radius 2 is 2.30 bits per heavy atom. The van der Waals surface area contributed by atoms with Crippen molar-refractivity contribution in [2.24, 2.45) is 5.73 Å². The predicted octanol–water partition coefficient (Wildman–Crippen LogP) is -1.57. The van der Waals surface area contributed by atoms with Crippen LogP contribution in [0.25, 0.3) is 0 Å². The van der Waals surface area contributed by atoms with E-state index in [9.17, 15) is 0 Å². The predicted molar refractivity (Wildman–Crippen MR) is 34.5 cm³/mol. The summed E-state index contributed by atoms with van der Waals surface area (Å²) in [4.78, 5) is 0. The third kappa shape index (κ3) is 1.67. The lowest BCUT2D eigenvalue weighted by molar-refractivity contribution is 0.0000907. The molecule has 58 valence electrons. The normalized spacial score (nSPS) is 41.7. The molecule has 0 saturated carbocycles. The average Bonchev–Trinajstić information content (AvgIpc) is 1.95. The largest absolute Gasteiger partial charge is 0.394 e. The van der Waals surface area contributed by atoms with Crippen LogP contribution in [0, 0.1) is 13.0 Å². The van der Waals surface area contributed by atoms with Crippen LogP contribution in [0.1, 0.15) is 0 Å². The number of nitrogens with two attached hydrogens (primary N) is 1. The zero-order valence-electron chi connectivity index (χ0n) is 5.47. The molecule has 0 aliphatic carbocycles. The maximum Gasteiger partial charge on any atom is 0.103 e. The van der Waals surface area contributed by atoms with Crippen LogP contribution in [-0.4, -0.2) is 35.1 Å². The van der Waals surface area contributed by atoms with E-state index >= 15 is 0 Å². The lowest BCUT2D eigenvalue weighted by Gasteiger charge is -2.28. The molecule has 4 nitrogen and oxygen atoms in total. The van der Waals surface area contributed by atoms with Crippen LogP contribution in [0.2, 0.25) is 0 Å². The van der Waals surface area contributed by atoms with Gasteiger partial charge in [-0.3, -0.25) is 0 Å². The van der Waals surface area contributed by atoms with E-state index in [1.165, 1.54) is 13.0 Å². The van der Waals surface area contributed by atoms with Crippen LogP contribution in [0.15, 0.2) is 0 Å². The minimum Gasteiger partial charge on any atom is -0.394 e. The van der Waals surface area contributed by atoms with Crippen molar-refractivity contribution in [2.75, 3.05) is 6.61 Å². The van der Waals surface area contributed by atoms with E-state index in [4.69, 9.17) is 20.7 Å². The molecule has 4 N–H and O–H groups in total. The summed E-state index contributed by atoms with van der Waals surface area (Å²) in [5.74, 6) is 0. The van der Waals surface area contributed by atoms with Crippen molar-refractivity contribution < 1.29 is 14.9 Å². The molecule has 1 saturated heterocycles. The Balaban J connectivity index is 2.33. The second kappa shape index (κ2) is 3.30. The van der Waals surface area contributed by atoms with Crippen molar-refractivity contribution in [3.63, 3.8) is 0 Å². The van der Waals surface area contributed by atoms with Gasteiger partial charge in [0, 0.05) is 6.42 Å². The quantitative estimate of drug-likeness (QED) is 0.417. The van der Waals surface area contributed by atoms with E-state index in [2.05, 4.69) is 0 Å². The first-order valence-corrected chi connectivity index (χ1v) is 3.12. The van der Waals surface area contributed by atoms with Crippen LogP contribution < -0.4 is 5.73 Å². The fraction of sp³-hybridized carbons (Fsp3) is 0.667. The Morgan fingerprint density at radius 3 is 2.80 bits per heavy atom. The van der Waals surface area contributed by atoms with Crippen LogP contribution in [-0.2, 0) is 4.74 Å². The second-order valence-electron chi connectivity index (χ2n) is 2.25. The van der Waals surface area contributed by atoms with Crippen molar-refractivity contribution in [1.82, 2.24) is 0 Å². The van der Waals surface area contributed by atoms with E-state index in [0.29, 0.717) is 0 Å². The standard InChI is InChI=1S/C6H11NO3/c7-5-3-10-4(2-8)1-6(5)9/h1,3-6,8-9H,2,7H2. The first-order chi connectivity index (χ1) is 4.74. The Morgan fingerprint density at radius 1 is 1.60 bits per heavy atom. The van der Waals surface area contributed by atoms with Crippen LogP contribution in [0.5, 0.6) is 0 Å². The zero-order valence-corrected chi connectivity index (χ0v) is 5.47. The van der Waals surface area contributed by atoms with Crippen LogP contribution >= 0.6 is 0 Å². The molecule has 4 heteroatoms. The highest BCUT2D eigenvalue weighted by Crippen LogP contribution is 2.13. The van der Waals surface area contributed by atoms with Crippen molar-refractivity contribution in [2.45, 2.75) is 18.2 Å². The average molecular weight is 145 g/mol. The Labute approximate surface area is 59.6 Å². The van der Waals surface area contributed by atoms with Gasteiger partial charge in [0.1, 0.15) is 6.61 Å². The monoisotopic (exact) mass is 145 g/mol. The maximum absolute atomic E-state index is 9.08. The summed E-state index contributed by atoms with van der Waals surface area (Å²) >= 11 is 0. The molecule has 10 heavy (non-hydrogen) atoms. The summed E-state index contributed by atoms with van der Waals surface area (Å²) in [5.41, 5.74) is 5.35. The third-order valence-corrected chi connectivity index (χ3v) is 1.40. The topological polar surface area (TPSA) is 75.7 Å². The molecule has 2 radical (unpaired) electrons. The number of rotatable bonds is 1. The minimum absolute atomic E-state index is 0.125. The van der Waals surface area contributed by atoms with E-state index in [0.717, 1.165) is 0 Å². The van der Waals surface area contributed by atoms with Crippen molar-refractivity contribution in [3.8, 4) is 0 Å². The molecule has 0 amide bonds. The summed E-state index contributed by atoms with van der Waals surface area (Å²) in [5, 5.41) is 17.6. The van der Waals surface area contributed by atoms with Gasteiger partial charge in [0.05, 0.1) is 24.9 Å². The summed E-state index contributed by atoms with van der Waals surface area (Å²) in [6.07, 6.45) is 0.366. The number of aliphatic hydroxyl groups excluding tert-OH is 2. The van der Waals surface area contributed by atoms with Gasteiger partial charge in [-0.1, -0.05) is 0 Å². The highest BCUT2D eigenvalue weighted by Gasteiger charge is 2.27. The van der Waals surface area contributed by atoms with E-state index in [1.807, 2.05) is 0 Å². The van der Waals surface area contributed by atoms with Gasteiger partial charge in [-0.2, -0.15) is 0 Å². The summed E-state index contributed by atoms with van der Waals surface area (Å²) in [6.45, 7) is 1.21.